The molecule has 7 nitrogen and oxygen atoms in total. The minimum absolute atomic E-state index is 0. The van der Waals surface area contributed by atoms with Gasteiger partial charge in [-0.05, 0) is 12.8 Å². The molecule has 0 saturated heterocycles. The van der Waals surface area contributed by atoms with E-state index in [4.69, 9.17) is 26.4 Å². The first-order valence-corrected chi connectivity index (χ1v) is 6.79. The van der Waals surface area contributed by atoms with Crippen LogP contribution in [0.4, 0.5) is 0 Å². The topological polar surface area (TPSA) is 147 Å². The molecule has 0 aromatic carbocycles. The SMILES string of the molecule is NC1CCCCC1N.O=C(O)CP(=O)(O)O.[Pt]. The number of hydrogen-bond acceptors (Lipinski definition) is 4. The molecule has 7 N–H and O–H groups in total. The molecule has 9 heteroatoms. The normalized spacial score (nSPS) is 24.0. The molecule has 0 aromatic heterocycles. The monoisotopic (exact) mass is 449 g/mol. The van der Waals surface area contributed by atoms with E-state index < -0.39 is 19.7 Å². The first kappa shape index (κ1) is 19.6. The van der Waals surface area contributed by atoms with Crippen molar-refractivity contribution in [3.05, 3.63) is 0 Å². The number of hydrogen-bond donors (Lipinski definition) is 5. The van der Waals surface area contributed by atoms with Crippen LogP contribution in [0.15, 0.2) is 0 Å². The second-order valence-electron chi connectivity index (χ2n) is 3.83. The van der Waals surface area contributed by atoms with E-state index in [1.54, 1.807) is 0 Å². The van der Waals surface area contributed by atoms with Crippen LogP contribution in [0.5, 0.6) is 0 Å². The van der Waals surface area contributed by atoms with Crippen LogP contribution < -0.4 is 11.5 Å². The van der Waals surface area contributed by atoms with Gasteiger partial charge in [0.2, 0.25) is 0 Å². The van der Waals surface area contributed by atoms with Crippen LogP contribution in [0.2, 0.25) is 0 Å². The largest absolute Gasteiger partial charge is 0.481 e. The second-order valence-corrected chi connectivity index (χ2v) is 5.47. The van der Waals surface area contributed by atoms with Gasteiger partial charge >= 0.3 is 13.6 Å². The molecule has 0 amide bonds. The van der Waals surface area contributed by atoms with Gasteiger partial charge in [0.25, 0.3) is 0 Å². The summed E-state index contributed by atoms with van der Waals surface area (Å²) in [6.07, 6.45) is 3.71. The summed E-state index contributed by atoms with van der Waals surface area (Å²) in [6, 6.07) is 0.562. The summed E-state index contributed by atoms with van der Waals surface area (Å²) in [4.78, 5) is 25.4. The molecule has 17 heavy (non-hydrogen) atoms. The fourth-order valence-electron chi connectivity index (χ4n) is 1.36. The molecule has 0 aliphatic heterocycles. The first-order valence-electron chi connectivity index (χ1n) is 5.00. The maximum absolute atomic E-state index is 9.76. The molecule has 0 radical (unpaired) electrons. The zero-order valence-electron chi connectivity index (χ0n) is 9.27. The average Bonchev–Trinajstić information content (AvgIpc) is 2.06. The molecular weight excluding hydrogens is 430 g/mol. The fraction of sp³-hybridized carbons (Fsp3) is 0.875. The van der Waals surface area contributed by atoms with Crippen LogP contribution in [0.3, 0.4) is 0 Å². The van der Waals surface area contributed by atoms with Gasteiger partial charge in [-0.15, -0.1) is 0 Å². The van der Waals surface area contributed by atoms with Crippen molar-refractivity contribution in [1.82, 2.24) is 0 Å². The smallest absolute Gasteiger partial charge is 0.336 e. The second kappa shape index (κ2) is 9.20. The summed E-state index contributed by atoms with van der Waals surface area (Å²) >= 11 is 0. The Kier molecular flexibility index (Phi) is 10.6. The maximum atomic E-state index is 9.76. The molecule has 0 aromatic rings. The predicted octanol–water partition coefficient (Wildman–Crippen LogP) is -0.539. The quantitative estimate of drug-likeness (QED) is 0.356. The van der Waals surface area contributed by atoms with E-state index in [2.05, 4.69) is 0 Å². The van der Waals surface area contributed by atoms with Gasteiger partial charge in [0.15, 0.2) is 0 Å². The van der Waals surface area contributed by atoms with Gasteiger partial charge in [-0.3, -0.25) is 9.36 Å². The van der Waals surface area contributed by atoms with Gasteiger partial charge in [0, 0.05) is 33.1 Å². The van der Waals surface area contributed by atoms with Crippen molar-refractivity contribution in [1.29, 1.82) is 0 Å². The summed E-state index contributed by atoms with van der Waals surface area (Å²) in [7, 11) is -4.32. The predicted molar refractivity (Wildman–Crippen MR) is 59.0 cm³/mol. The Balaban J connectivity index is 0. The van der Waals surface area contributed by atoms with E-state index in [0.717, 1.165) is 12.8 Å². The van der Waals surface area contributed by atoms with E-state index in [0.29, 0.717) is 0 Å². The summed E-state index contributed by atoms with van der Waals surface area (Å²) in [5.41, 5.74) is 11.3. The Morgan fingerprint density at radius 2 is 1.53 bits per heavy atom. The van der Waals surface area contributed by atoms with E-state index in [-0.39, 0.29) is 33.1 Å². The van der Waals surface area contributed by atoms with Crippen molar-refractivity contribution >= 4 is 13.6 Å². The zero-order valence-corrected chi connectivity index (χ0v) is 12.4. The van der Waals surface area contributed by atoms with Gasteiger partial charge < -0.3 is 26.4 Å². The number of carbonyl (C=O) groups is 1. The molecule has 2 atom stereocenters. The van der Waals surface area contributed by atoms with Crippen LogP contribution >= 0.6 is 7.60 Å². The molecule has 0 spiro atoms. The Morgan fingerprint density at radius 1 is 1.18 bits per heavy atom. The van der Waals surface area contributed by atoms with Crippen LogP contribution in [0, 0.1) is 0 Å². The third-order valence-corrected chi connectivity index (χ3v) is 2.90. The van der Waals surface area contributed by atoms with Gasteiger partial charge in [-0.25, -0.2) is 0 Å². The molecule has 1 rings (SSSR count). The van der Waals surface area contributed by atoms with Crippen molar-refractivity contribution in [3.8, 4) is 0 Å². The van der Waals surface area contributed by atoms with Crippen molar-refractivity contribution < 1.29 is 45.3 Å². The maximum Gasteiger partial charge on any atom is 0.336 e. The van der Waals surface area contributed by atoms with Crippen LogP contribution in [0.1, 0.15) is 25.7 Å². The van der Waals surface area contributed by atoms with E-state index in [9.17, 15) is 9.36 Å². The molecule has 1 aliphatic carbocycles. The molecule has 1 fully saturated rings. The van der Waals surface area contributed by atoms with Crippen molar-refractivity contribution in [2.24, 2.45) is 11.5 Å². The zero-order chi connectivity index (χ0) is 12.8. The van der Waals surface area contributed by atoms with Gasteiger partial charge in [-0.1, -0.05) is 12.8 Å². The van der Waals surface area contributed by atoms with Crippen molar-refractivity contribution in [3.63, 3.8) is 0 Å². The molecule has 0 bridgehead atoms. The van der Waals surface area contributed by atoms with Crippen LogP contribution in [-0.2, 0) is 30.4 Å². The van der Waals surface area contributed by atoms with Crippen LogP contribution in [0.25, 0.3) is 0 Å². The van der Waals surface area contributed by atoms with Crippen molar-refractivity contribution in [2.45, 2.75) is 37.8 Å². The van der Waals surface area contributed by atoms with E-state index >= 15 is 0 Å². The number of rotatable bonds is 2. The number of carboxylic acids is 1. The number of carboxylic acid groups (broad SMARTS) is 1. The number of aliphatic carboxylic acids is 1. The van der Waals surface area contributed by atoms with Gasteiger partial charge in [0.05, 0.1) is 0 Å². The standard InChI is InChI=1S/C6H14N2.C2H5O5P.Pt/c7-5-3-1-2-4-6(5)8;3-2(4)1-8(5,6)7;/h5-6H,1-4,7-8H2;1H2,(H,3,4)(H2,5,6,7);. The Bertz CT molecular complexity index is 263. The van der Waals surface area contributed by atoms with Gasteiger partial charge in [0.1, 0.15) is 6.16 Å². The summed E-state index contributed by atoms with van der Waals surface area (Å²) in [6.45, 7) is 0. The van der Waals surface area contributed by atoms with Crippen LogP contribution in [-0.4, -0.2) is 39.1 Å². The third kappa shape index (κ3) is 12.5. The Morgan fingerprint density at radius 3 is 1.65 bits per heavy atom. The molecule has 106 valence electrons. The minimum Gasteiger partial charge on any atom is -0.481 e. The summed E-state index contributed by atoms with van der Waals surface area (Å²) in [5, 5.41) is 7.76. The summed E-state index contributed by atoms with van der Waals surface area (Å²) in [5.74, 6) is -1.49. The molecule has 2 unspecified atom stereocenters. The minimum atomic E-state index is -4.32. The van der Waals surface area contributed by atoms with Crippen molar-refractivity contribution in [2.75, 3.05) is 6.16 Å². The van der Waals surface area contributed by atoms with Gasteiger partial charge in [-0.2, -0.15) is 0 Å². The first-order chi connectivity index (χ1) is 7.22. The van der Waals surface area contributed by atoms with E-state index in [1.807, 2.05) is 0 Å². The number of nitrogens with two attached hydrogens (primary N) is 2. The van der Waals surface area contributed by atoms with E-state index in [1.165, 1.54) is 12.8 Å². The molecular formula is C8H19N2O5PPt. The molecule has 1 saturated carbocycles. The Hall–Kier alpha value is 0.228. The third-order valence-electron chi connectivity index (χ3n) is 2.22. The molecule has 0 heterocycles. The summed E-state index contributed by atoms with van der Waals surface area (Å²) < 4.78 is 9.76. The molecule has 1 aliphatic rings. The average molecular weight is 449 g/mol. The fourth-order valence-corrected chi connectivity index (χ4v) is 1.72. The Labute approximate surface area is 114 Å².